The molecule has 0 saturated heterocycles. The molecule has 2 aromatic carbocycles. The number of amides is 1. The van der Waals surface area contributed by atoms with Gasteiger partial charge in [0, 0.05) is 12.7 Å². The van der Waals surface area contributed by atoms with Gasteiger partial charge in [0.05, 0.1) is 23.6 Å². The van der Waals surface area contributed by atoms with Crippen LogP contribution in [0.4, 0.5) is 5.69 Å². The Labute approximate surface area is 155 Å². The third-order valence-electron chi connectivity index (χ3n) is 4.33. The summed E-state index contributed by atoms with van der Waals surface area (Å²) < 4.78 is 6.24. The van der Waals surface area contributed by atoms with Crippen LogP contribution >= 0.6 is 0 Å². The van der Waals surface area contributed by atoms with E-state index in [4.69, 9.17) is 4.74 Å². The lowest BCUT2D eigenvalue weighted by Gasteiger charge is -2.10. The molecule has 7 nitrogen and oxygen atoms in total. The summed E-state index contributed by atoms with van der Waals surface area (Å²) >= 11 is 0. The minimum atomic E-state index is -0.640. The second kappa shape index (κ2) is 7.03. The number of rotatable bonds is 3. The lowest BCUT2D eigenvalue weighted by atomic mass is 10.1. The smallest absolute Gasteiger partial charge is 0.338 e. The third kappa shape index (κ3) is 3.44. The van der Waals surface area contributed by atoms with Gasteiger partial charge in [-0.1, -0.05) is 17.7 Å². The van der Waals surface area contributed by atoms with E-state index in [0.717, 1.165) is 11.1 Å². The molecule has 1 N–H and O–H groups in total. The zero-order chi connectivity index (χ0) is 19.7. The van der Waals surface area contributed by atoms with Crippen LogP contribution < -0.4 is 10.7 Å². The van der Waals surface area contributed by atoms with Crippen molar-refractivity contribution in [3.8, 4) is 0 Å². The van der Waals surface area contributed by atoms with Gasteiger partial charge < -0.3 is 10.1 Å². The average Bonchev–Trinajstić information content (AvgIpc) is 2.65. The Kier molecular flexibility index (Phi) is 4.77. The second-order valence-corrected chi connectivity index (χ2v) is 6.30. The highest BCUT2D eigenvalue weighted by molar-refractivity contribution is 6.05. The van der Waals surface area contributed by atoms with E-state index < -0.39 is 17.3 Å². The number of carbonyl (C=O) groups excluding carboxylic acids is 2. The van der Waals surface area contributed by atoms with Crippen LogP contribution in [-0.2, 0) is 11.8 Å². The van der Waals surface area contributed by atoms with Gasteiger partial charge in [0.15, 0.2) is 5.69 Å². The van der Waals surface area contributed by atoms with Crippen molar-refractivity contribution in [1.29, 1.82) is 0 Å². The molecule has 0 spiro atoms. The van der Waals surface area contributed by atoms with E-state index in [1.807, 2.05) is 13.0 Å². The summed E-state index contributed by atoms with van der Waals surface area (Å²) in [7, 11) is 2.97. The molecule has 3 aromatic rings. The predicted octanol–water partition coefficient (Wildman–Crippen LogP) is 2.59. The Morgan fingerprint density at radius 1 is 1.11 bits per heavy atom. The lowest BCUT2D eigenvalue weighted by molar-refractivity contribution is 0.0599. The summed E-state index contributed by atoms with van der Waals surface area (Å²) in [6.45, 7) is 3.64. The molecule has 0 aliphatic rings. The van der Waals surface area contributed by atoms with Crippen molar-refractivity contribution in [2.75, 3.05) is 12.4 Å². The number of methoxy groups -OCH3 is 1. The normalized spacial score (nSPS) is 10.7. The SMILES string of the molecule is COC(=O)c1cc(NC(=O)c2nn(C)c3ccc(C)cc3c2=O)ccc1C. The van der Waals surface area contributed by atoms with E-state index in [-0.39, 0.29) is 5.69 Å². The summed E-state index contributed by atoms with van der Waals surface area (Å²) in [4.78, 5) is 37.2. The average molecular weight is 365 g/mol. The molecule has 0 atom stereocenters. The standard InChI is InChI=1S/C20H19N3O4/c1-11-5-8-16-15(9-11)18(24)17(22-23(16)3)19(25)21-13-7-6-12(2)14(10-13)20(26)27-4/h5-10H,1-4H3,(H,21,25). The fourth-order valence-corrected chi connectivity index (χ4v) is 2.86. The van der Waals surface area contributed by atoms with E-state index in [0.29, 0.717) is 22.2 Å². The van der Waals surface area contributed by atoms with Crippen molar-refractivity contribution in [3.63, 3.8) is 0 Å². The fraction of sp³-hybridized carbons (Fsp3) is 0.200. The first-order valence-corrected chi connectivity index (χ1v) is 8.30. The first-order chi connectivity index (χ1) is 12.8. The quantitative estimate of drug-likeness (QED) is 0.721. The number of hydrogen-bond donors (Lipinski definition) is 1. The van der Waals surface area contributed by atoms with Crippen LogP contribution in [0.25, 0.3) is 10.9 Å². The van der Waals surface area contributed by atoms with Gasteiger partial charge >= 0.3 is 5.97 Å². The molecule has 1 amide bonds. The van der Waals surface area contributed by atoms with Gasteiger partial charge in [-0.15, -0.1) is 0 Å². The minimum Gasteiger partial charge on any atom is -0.465 e. The van der Waals surface area contributed by atoms with Gasteiger partial charge in [-0.25, -0.2) is 4.79 Å². The number of carbonyl (C=O) groups is 2. The summed E-state index contributed by atoms with van der Waals surface area (Å²) in [5, 5.41) is 7.18. The van der Waals surface area contributed by atoms with E-state index in [1.165, 1.54) is 17.9 Å². The molecule has 7 heteroatoms. The zero-order valence-corrected chi connectivity index (χ0v) is 15.5. The highest BCUT2D eigenvalue weighted by Gasteiger charge is 2.18. The third-order valence-corrected chi connectivity index (χ3v) is 4.33. The van der Waals surface area contributed by atoms with E-state index in [9.17, 15) is 14.4 Å². The number of aryl methyl sites for hydroxylation is 3. The Hall–Kier alpha value is -3.48. The van der Waals surface area contributed by atoms with Crippen LogP contribution in [0.5, 0.6) is 0 Å². The highest BCUT2D eigenvalue weighted by Crippen LogP contribution is 2.17. The number of fused-ring (bicyclic) bond motifs is 1. The molecule has 0 bridgehead atoms. The van der Waals surface area contributed by atoms with Gasteiger partial charge in [-0.3, -0.25) is 14.3 Å². The maximum absolute atomic E-state index is 12.7. The lowest BCUT2D eigenvalue weighted by Crippen LogP contribution is -2.26. The monoisotopic (exact) mass is 365 g/mol. The van der Waals surface area contributed by atoms with Gasteiger partial charge in [-0.2, -0.15) is 5.10 Å². The zero-order valence-electron chi connectivity index (χ0n) is 15.5. The Morgan fingerprint density at radius 3 is 2.56 bits per heavy atom. The van der Waals surface area contributed by atoms with E-state index >= 15 is 0 Å². The van der Waals surface area contributed by atoms with Crippen molar-refractivity contribution >= 4 is 28.5 Å². The fourth-order valence-electron chi connectivity index (χ4n) is 2.86. The molecule has 1 heterocycles. The Bertz CT molecular complexity index is 1130. The summed E-state index contributed by atoms with van der Waals surface area (Å²) in [6, 6.07) is 10.3. The number of benzene rings is 2. The molecular weight excluding hydrogens is 346 g/mol. The van der Waals surface area contributed by atoms with Crippen molar-refractivity contribution in [1.82, 2.24) is 9.78 Å². The second-order valence-electron chi connectivity index (χ2n) is 6.30. The van der Waals surface area contributed by atoms with Crippen LogP contribution in [-0.4, -0.2) is 28.8 Å². The molecule has 0 aliphatic carbocycles. The molecule has 3 rings (SSSR count). The van der Waals surface area contributed by atoms with Crippen LogP contribution in [0.3, 0.4) is 0 Å². The Balaban J connectivity index is 2.01. The van der Waals surface area contributed by atoms with Gasteiger partial charge in [0.25, 0.3) is 5.91 Å². The number of nitrogens with zero attached hydrogens (tertiary/aromatic N) is 2. The molecule has 0 aliphatic heterocycles. The Morgan fingerprint density at radius 2 is 1.85 bits per heavy atom. The van der Waals surface area contributed by atoms with Crippen molar-refractivity contribution in [3.05, 3.63) is 69.0 Å². The van der Waals surface area contributed by atoms with Crippen molar-refractivity contribution < 1.29 is 14.3 Å². The highest BCUT2D eigenvalue weighted by atomic mass is 16.5. The summed E-state index contributed by atoms with van der Waals surface area (Å²) in [5.74, 6) is -1.14. The molecule has 0 saturated carbocycles. The number of anilines is 1. The largest absolute Gasteiger partial charge is 0.465 e. The maximum atomic E-state index is 12.7. The van der Waals surface area contributed by atoms with Crippen molar-refractivity contribution in [2.24, 2.45) is 7.05 Å². The molecule has 1 aromatic heterocycles. The summed E-state index contributed by atoms with van der Waals surface area (Å²) in [6.07, 6.45) is 0. The number of nitrogens with one attached hydrogen (secondary N) is 1. The van der Waals surface area contributed by atoms with Crippen LogP contribution in [0.15, 0.2) is 41.2 Å². The van der Waals surface area contributed by atoms with Gasteiger partial charge in [0.1, 0.15) is 0 Å². The van der Waals surface area contributed by atoms with Crippen LogP contribution in [0.1, 0.15) is 32.0 Å². The number of esters is 1. The van der Waals surface area contributed by atoms with E-state index in [1.54, 1.807) is 38.2 Å². The predicted molar refractivity (Wildman–Crippen MR) is 102 cm³/mol. The van der Waals surface area contributed by atoms with Crippen LogP contribution in [0, 0.1) is 13.8 Å². The number of ether oxygens (including phenoxy) is 1. The molecule has 27 heavy (non-hydrogen) atoms. The first kappa shape index (κ1) is 18.3. The molecule has 138 valence electrons. The van der Waals surface area contributed by atoms with Gasteiger partial charge in [0.2, 0.25) is 5.43 Å². The first-order valence-electron chi connectivity index (χ1n) is 8.30. The molecule has 0 radical (unpaired) electrons. The number of aromatic nitrogens is 2. The van der Waals surface area contributed by atoms with E-state index in [2.05, 4.69) is 10.4 Å². The minimum absolute atomic E-state index is 0.212. The summed E-state index contributed by atoms with van der Waals surface area (Å²) in [5.41, 5.74) is 2.34. The van der Waals surface area contributed by atoms with Gasteiger partial charge in [-0.05, 0) is 43.7 Å². The topological polar surface area (TPSA) is 90.3 Å². The molecule has 0 fully saturated rings. The number of hydrogen-bond acceptors (Lipinski definition) is 5. The molecular formula is C20H19N3O4. The van der Waals surface area contributed by atoms with Crippen molar-refractivity contribution in [2.45, 2.75) is 13.8 Å². The maximum Gasteiger partial charge on any atom is 0.338 e. The van der Waals surface area contributed by atoms with Crippen LogP contribution in [0.2, 0.25) is 0 Å². The molecule has 0 unspecified atom stereocenters.